The number of alkyl halides is 3. The second-order valence-electron chi connectivity index (χ2n) is 11.6. The molecule has 0 radical (unpaired) electrons. The van der Waals surface area contributed by atoms with Crippen LogP contribution < -0.4 is 10.6 Å². The van der Waals surface area contributed by atoms with Crippen LogP contribution in [0.2, 0.25) is 0 Å². The summed E-state index contributed by atoms with van der Waals surface area (Å²) < 4.78 is 39.5. The minimum Gasteiger partial charge on any atom is -0.510 e. The molecule has 0 saturated heterocycles. The molecule has 1 amide bonds. The second kappa shape index (κ2) is 9.85. The number of amides is 1. The molecule has 0 bridgehead atoms. The Kier molecular flexibility index (Phi) is 6.89. The van der Waals surface area contributed by atoms with Gasteiger partial charge in [-0.25, -0.2) is 0 Å². The van der Waals surface area contributed by atoms with E-state index in [9.17, 15) is 48.0 Å². The number of aromatic hydroxyl groups is 1. The second-order valence-corrected chi connectivity index (χ2v) is 11.6. The van der Waals surface area contributed by atoms with Crippen molar-refractivity contribution in [3.63, 3.8) is 0 Å². The lowest BCUT2D eigenvalue weighted by Gasteiger charge is -2.50. The van der Waals surface area contributed by atoms with Gasteiger partial charge in [0, 0.05) is 36.8 Å². The summed E-state index contributed by atoms with van der Waals surface area (Å²) >= 11 is 0. The zero-order valence-corrected chi connectivity index (χ0v) is 23.7. The van der Waals surface area contributed by atoms with Crippen molar-refractivity contribution in [1.82, 2.24) is 4.90 Å². The molecule has 228 valence electrons. The van der Waals surface area contributed by atoms with Gasteiger partial charge < -0.3 is 31.1 Å². The summed E-state index contributed by atoms with van der Waals surface area (Å²) in [5.41, 5.74) is 1.34. The Balaban J connectivity index is 1.72. The highest BCUT2D eigenvalue weighted by atomic mass is 19.4. The Hall–Kier alpha value is -4.36. The molecule has 0 spiro atoms. The lowest BCUT2D eigenvalue weighted by Crippen LogP contribution is -2.63. The lowest BCUT2D eigenvalue weighted by molar-refractivity contribution is -0.148. The van der Waals surface area contributed by atoms with Gasteiger partial charge in [0.05, 0.1) is 17.2 Å². The maximum absolute atomic E-state index is 14.1. The molecule has 4 unspecified atom stereocenters. The van der Waals surface area contributed by atoms with Crippen LogP contribution in [-0.2, 0) is 22.2 Å². The highest BCUT2D eigenvalue weighted by Gasteiger charge is 2.63. The van der Waals surface area contributed by atoms with Crippen molar-refractivity contribution in [3.8, 4) is 16.9 Å². The number of aliphatic hydroxyl groups excluding tert-OH is 2. The highest BCUT2D eigenvalue weighted by Crippen LogP contribution is 2.54. The number of primary amides is 1. The number of benzene rings is 2. The number of phenolic OH excluding ortho intramolecular Hbond substituents is 1. The zero-order valence-electron chi connectivity index (χ0n) is 23.7. The number of carbonyl (C=O) groups excluding carboxylic acids is 3. The molecule has 2 aromatic carbocycles. The van der Waals surface area contributed by atoms with Gasteiger partial charge in [0.1, 0.15) is 22.8 Å². The standard InChI is InChI=1S/C30H30F3N3O7/c1-35(2)18-11-15(12-5-7-14(8-6-12)30(31,32)33)23(37)20-16(18)9-13-10-17-22(36(3)4)25(39)21(28(34)42)27(41)29(17,43)26(40)19(13)24(20)38/h5-8,11,13,17,22,37,39-40,43H,9-10H2,1-4H3,(H2,34,42). The molecule has 3 aliphatic carbocycles. The fraction of sp³-hybridized carbons (Fsp3) is 0.367. The van der Waals surface area contributed by atoms with Crippen molar-refractivity contribution >= 4 is 23.2 Å². The highest BCUT2D eigenvalue weighted by molar-refractivity contribution is 6.25. The number of hydrogen-bond acceptors (Lipinski definition) is 9. The Morgan fingerprint density at radius 3 is 2.16 bits per heavy atom. The van der Waals surface area contributed by atoms with Crippen LogP contribution in [0.4, 0.5) is 18.9 Å². The molecule has 13 heteroatoms. The number of hydrogen-bond donors (Lipinski definition) is 5. The van der Waals surface area contributed by atoms with E-state index in [2.05, 4.69) is 0 Å². The van der Waals surface area contributed by atoms with Crippen LogP contribution in [0, 0.1) is 11.8 Å². The van der Waals surface area contributed by atoms with E-state index in [4.69, 9.17) is 5.73 Å². The van der Waals surface area contributed by atoms with Gasteiger partial charge in [-0.05, 0) is 62.2 Å². The Labute approximate surface area is 244 Å². The molecular formula is C30H30F3N3O7. The number of phenols is 1. The third-order valence-electron chi connectivity index (χ3n) is 8.70. The first-order valence-electron chi connectivity index (χ1n) is 13.3. The molecule has 43 heavy (non-hydrogen) atoms. The molecule has 0 fully saturated rings. The van der Waals surface area contributed by atoms with Crippen molar-refractivity contribution < 1.29 is 48.0 Å². The Morgan fingerprint density at radius 2 is 1.65 bits per heavy atom. The number of rotatable bonds is 4. The number of likely N-dealkylation sites (N-methyl/N-ethyl adjacent to an activating group) is 1. The quantitative estimate of drug-likeness (QED) is 0.332. The van der Waals surface area contributed by atoms with Gasteiger partial charge in [-0.1, -0.05) is 12.1 Å². The summed E-state index contributed by atoms with van der Waals surface area (Å²) in [6.07, 6.45) is -4.58. The molecule has 0 aliphatic heterocycles. The summed E-state index contributed by atoms with van der Waals surface area (Å²) in [6.45, 7) is 0. The van der Waals surface area contributed by atoms with Gasteiger partial charge in [0.2, 0.25) is 5.78 Å². The van der Waals surface area contributed by atoms with Gasteiger partial charge in [-0.3, -0.25) is 19.3 Å². The van der Waals surface area contributed by atoms with E-state index in [1.165, 1.54) is 19.0 Å². The van der Waals surface area contributed by atoms with Crippen molar-refractivity contribution in [2.24, 2.45) is 17.6 Å². The summed E-state index contributed by atoms with van der Waals surface area (Å²) in [5.74, 6) is -7.70. The van der Waals surface area contributed by atoms with Crippen LogP contribution in [0.5, 0.6) is 5.75 Å². The molecule has 4 atom stereocenters. The summed E-state index contributed by atoms with van der Waals surface area (Å²) in [4.78, 5) is 42.9. The number of allylic oxidation sites excluding steroid dienone is 1. The number of anilines is 1. The SMILES string of the molecule is CN(C)c1cc(-c2ccc(C(F)(F)F)cc2)c(O)c2c1CC1CC3C(N(C)C)C(O)=C(C(N)=O)C(=O)C3(O)C(O)=C1C2=O. The first-order chi connectivity index (χ1) is 19.9. The molecule has 0 heterocycles. The average Bonchev–Trinajstić information content (AvgIpc) is 2.90. The van der Waals surface area contributed by atoms with Gasteiger partial charge in [0.25, 0.3) is 5.91 Å². The van der Waals surface area contributed by atoms with Crippen LogP contribution in [-0.4, -0.2) is 82.6 Å². The van der Waals surface area contributed by atoms with Gasteiger partial charge in [-0.15, -0.1) is 0 Å². The summed E-state index contributed by atoms with van der Waals surface area (Å²) in [6, 6.07) is 4.46. The number of ketones is 2. The van der Waals surface area contributed by atoms with E-state index in [1.54, 1.807) is 25.1 Å². The molecule has 6 N–H and O–H groups in total. The van der Waals surface area contributed by atoms with Crippen molar-refractivity contribution in [3.05, 3.63) is 69.7 Å². The number of Topliss-reactive ketones (excluding diaryl/α,β-unsaturated/α-hetero) is 2. The van der Waals surface area contributed by atoms with E-state index in [0.29, 0.717) is 11.3 Å². The van der Waals surface area contributed by atoms with Crippen LogP contribution in [0.3, 0.4) is 0 Å². The van der Waals surface area contributed by atoms with E-state index in [0.717, 1.165) is 24.3 Å². The predicted octanol–water partition coefficient (Wildman–Crippen LogP) is 2.87. The summed E-state index contributed by atoms with van der Waals surface area (Å²) in [7, 11) is 6.45. The lowest BCUT2D eigenvalue weighted by atomic mass is 9.58. The minimum atomic E-state index is -4.58. The number of aliphatic hydroxyl groups is 3. The first kappa shape index (κ1) is 30.1. The maximum Gasteiger partial charge on any atom is 0.416 e. The molecule has 3 aliphatic rings. The van der Waals surface area contributed by atoms with Gasteiger partial charge >= 0.3 is 6.18 Å². The molecule has 0 aromatic heterocycles. The predicted molar refractivity (Wildman–Crippen MR) is 148 cm³/mol. The van der Waals surface area contributed by atoms with Crippen LogP contribution in [0.15, 0.2) is 53.0 Å². The fourth-order valence-electron chi connectivity index (χ4n) is 6.76. The van der Waals surface area contributed by atoms with Crippen LogP contribution in [0.25, 0.3) is 11.1 Å². The number of carbonyl (C=O) groups is 3. The van der Waals surface area contributed by atoms with Gasteiger partial charge in [0.15, 0.2) is 11.4 Å². The normalized spacial score (nSPS) is 25.5. The monoisotopic (exact) mass is 601 g/mol. The Morgan fingerprint density at radius 1 is 1.05 bits per heavy atom. The van der Waals surface area contributed by atoms with E-state index >= 15 is 0 Å². The number of nitrogens with zero attached hydrogens (tertiary/aromatic N) is 2. The number of halogens is 3. The largest absolute Gasteiger partial charge is 0.510 e. The molecular weight excluding hydrogens is 571 g/mol. The maximum atomic E-state index is 14.1. The van der Waals surface area contributed by atoms with E-state index in [-0.39, 0.29) is 35.1 Å². The van der Waals surface area contributed by atoms with Crippen LogP contribution in [0.1, 0.15) is 27.9 Å². The molecule has 0 saturated carbocycles. The van der Waals surface area contributed by atoms with Gasteiger partial charge in [-0.2, -0.15) is 13.2 Å². The molecule has 10 nitrogen and oxygen atoms in total. The smallest absolute Gasteiger partial charge is 0.416 e. The van der Waals surface area contributed by atoms with E-state index in [1.807, 2.05) is 0 Å². The summed E-state index contributed by atoms with van der Waals surface area (Å²) in [5, 5.41) is 45.5. The average molecular weight is 602 g/mol. The zero-order chi connectivity index (χ0) is 31.9. The van der Waals surface area contributed by atoms with Crippen LogP contribution >= 0.6 is 0 Å². The fourth-order valence-corrected chi connectivity index (χ4v) is 6.76. The topological polar surface area (TPSA) is 165 Å². The third-order valence-corrected chi connectivity index (χ3v) is 8.70. The van der Waals surface area contributed by atoms with Crippen molar-refractivity contribution in [2.75, 3.05) is 33.1 Å². The third kappa shape index (κ3) is 4.28. The molecule has 5 rings (SSSR count). The van der Waals surface area contributed by atoms with Crippen molar-refractivity contribution in [2.45, 2.75) is 30.7 Å². The van der Waals surface area contributed by atoms with E-state index < -0.39 is 75.5 Å². The van der Waals surface area contributed by atoms with Crippen molar-refractivity contribution in [1.29, 1.82) is 0 Å². The number of fused-ring (bicyclic) bond motifs is 3. The molecule has 2 aromatic rings. The first-order valence-corrected chi connectivity index (χ1v) is 13.3. The number of nitrogens with two attached hydrogens (primary N) is 1. The Bertz CT molecular complexity index is 1640. The minimum absolute atomic E-state index is 0.0562.